The van der Waals surface area contributed by atoms with Crippen LogP contribution in [-0.2, 0) is 14.8 Å². The van der Waals surface area contributed by atoms with Crippen molar-refractivity contribution in [3.8, 4) is 0 Å². The second-order valence-corrected chi connectivity index (χ2v) is 9.89. The molecule has 0 saturated carbocycles. The van der Waals surface area contributed by atoms with Gasteiger partial charge in [0.1, 0.15) is 4.90 Å². The largest absolute Gasteiger partial charge is 0.465 e. The van der Waals surface area contributed by atoms with Gasteiger partial charge < -0.3 is 9.64 Å². The summed E-state index contributed by atoms with van der Waals surface area (Å²) in [4.78, 5) is 27.5. The first-order chi connectivity index (χ1) is 15.2. The zero-order valence-electron chi connectivity index (χ0n) is 17.6. The van der Waals surface area contributed by atoms with E-state index in [1.54, 1.807) is 24.3 Å². The Hall–Kier alpha value is -2.72. The number of fused-ring (bicyclic) bond motifs is 1. The van der Waals surface area contributed by atoms with Gasteiger partial charge in [-0.1, -0.05) is 29.8 Å². The standard InChI is InChI=1S/C22H22ClN3O5S/c1-24-9-11-25(12-10-24)32(29,30)20-13-15(7-8-18(20)23)21(27)26-14-17(22(28)31-2)16-5-3-4-6-19(16)26/h3-8,13-14H,9-12H2,1-2H3. The van der Waals surface area contributed by atoms with E-state index in [2.05, 4.69) is 0 Å². The molecule has 0 spiro atoms. The molecule has 1 saturated heterocycles. The molecule has 32 heavy (non-hydrogen) atoms. The molecule has 3 aromatic rings. The lowest BCUT2D eigenvalue weighted by Crippen LogP contribution is -2.47. The maximum atomic E-state index is 13.3. The van der Waals surface area contributed by atoms with E-state index in [9.17, 15) is 18.0 Å². The first kappa shape index (κ1) is 22.5. The van der Waals surface area contributed by atoms with E-state index in [0.717, 1.165) is 0 Å². The minimum Gasteiger partial charge on any atom is -0.465 e. The fourth-order valence-electron chi connectivity index (χ4n) is 3.76. The molecule has 2 aromatic carbocycles. The number of sulfonamides is 1. The monoisotopic (exact) mass is 475 g/mol. The third-order valence-electron chi connectivity index (χ3n) is 5.59. The first-order valence-corrected chi connectivity index (χ1v) is 11.8. The van der Waals surface area contributed by atoms with Crippen LogP contribution < -0.4 is 0 Å². The normalized spacial score (nSPS) is 15.7. The highest BCUT2D eigenvalue weighted by Crippen LogP contribution is 2.28. The molecule has 10 heteroatoms. The van der Waals surface area contributed by atoms with Gasteiger partial charge in [-0.25, -0.2) is 13.2 Å². The van der Waals surface area contributed by atoms with Gasteiger partial charge in [0.05, 0.1) is 23.2 Å². The van der Waals surface area contributed by atoms with Crippen LogP contribution in [0, 0.1) is 0 Å². The van der Waals surface area contributed by atoms with E-state index in [1.807, 2.05) is 11.9 Å². The molecular formula is C22H22ClN3O5S. The zero-order chi connectivity index (χ0) is 23.0. The smallest absolute Gasteiger partial charge is 0.340 e. The molecular weight excluding hydrogens is 454 g/mol. The Bertz CT molecular complexity index is 1310. The van der Waals surface area contributed by atoms with E-state index in [-0.39, 0.29) is 21.0 Å². The fraction of sp³-hybridized carbons (Fsp3) is 0.273. The molecule has 168 valence electrons. The van der Waals surface area contributed by atoms with Crippen LogP contribution in [0.1, 0.15) is 20.7 Å². The molecule has 0 N–H and O–H groups in total. The Morgan fingerprint density at radius 3 is 2.41 bits per heavy atom. The minimum absolute atomic E-state index is 0.0492. The molecule has 1 aliphatic heterocycles. The van der Waals surface area contributed by atoms with Gasteiger partial charge in [-0.05, 0) is 31.3 Å². The number of rotatable bonds is 4. The summed E-state index contributed by atoms with van der Waals surface area (Å²) >= 11 is 6.24. The average Bonchev–Trinajstić information content (AvgIpc) is 3.18. The summed E-state index contributed by atoms with van der Waals surface area (Å²) in [5.41, 5.74) is 0.895. The highest BCUT2D eigenvalue weighted by molar-refractivity contribution is 7.89. The van der Waals surface area contributed by atoms with Gasteiger partial charge in [0.2, 0.25) is 10.0 Å². The Balaban J connectivity index is 1.76. The zero-order valence-corrected chi connectivity index (χ0v) is 19.2. The van der Waals surface area contributed by atoms with E-state index in [0.29, 0.717) is 37.1 Å². The van der Waals surface area contributed by atoms with Crippen molar-refractivity contribution in [1.82, 2.24) is 13.8 Å². The van der Waals surface area contributed by atoms with Crippen LogP contribution in [0.15, 0.2) is 53.6 Å². The van der Waals surface area contributed by atoms with Crippen molar-refractivity contribution in [2.45, 2.75) is 4.90 Å². The fourth-order valence-corrected chi connectivity index (χ4v) is 5.68. The quantitative estimate of drug-likeness (QED) is 0.539. The molecule has 1 fully saturated rings. The van der Waals surface area contributed by atoms with Gasteiger partial charge in [0, 0.05) is 43.3 Å². The molecule has 2 heterocycles. The number of piperazine rings is 1. The minimum atomic E-state index is -3.87. The first-order valence-electron chi connectivity index (χ1n) is 9.95. The van der Waals surface area contributed by atoms with Gasteiger partial charge in [-0.15, -0.1) is 0 Å². The molecule has 0 radical (unpaired) electrons. The van der Waals surface area contributed by atoms with Crippen LogP contribution in [0.25, 0.3) is 10.9 Å². The van der Waals surface area contributed by atoms with Crippen molar-refractivity contribution < 1.29 is 22.7 Å². The van der Waals surface area contributed by atoms with Crippen molar-refractivity contribution in [2.24, 2.45) is 0 Å². The highest BCUT2D eigenvalue weighted by atomic mass is 35.5. The number of esters is 1. The van der Waals surface area contributed by atoms with Crippen LogP contribution in [-0.4, -0.2) is 74.4 Å². The van der Waals surface area contributed by atoms with Crippen LogP contribution in [0.5, 0.6) is 0 Å². The number of hydrogen-bond acceptors (Lipinski definition) is 6. The lowest BCUT2D eigenvalue weighted by Gasteiger charge is -2.31. The number of carbonyl (C=O) groups excluding carboxylic acids is 2. The predicted octanol–water partition coefficient (Wildman–Crippen LogP) is 2.71. The summed E-state index contributed by atoms with van der Waals surface area (Å²) in [6.07, 6.45) is 1.40. The number of halogens is 1. The molecule has 0 atom stereocenters. The number of benzene rings is 2. The van der Waals surface area contributed by atoms with Gasteiger partial charge in [0.15, 0.2) is 0 Å². The predicted molar refractivity (Wildman–Crippen MR) is 121 cm³/mol. The molecule has 4 rings (SSSR count). The Kier molecular flexibility index (Phi) is 6.09. The number of aromatic nitrogens is 1. The number of methoxy groups -OCH3 is 1. The Morgan fingerprint density at radius 1 is 1.03 bits per heavy atom. The lowest BCUT2D eigenvalue weighted by atomic mass is 10.2. The number of carbonyl (C=O) groups is 2. The van der Waals surface area contributed by atoms with Crippen LogP contribution in [0.3, 0.4) is 0 Å². The second-order valence-electron chi connectivity index (χ2n) is 7.58. The van der Waals surface area contributed by atoms with Gasteiger partial charge in [0.25, 0.3) is 5.91 Å². The number of likely N-dealkylation sites (N-methyl/N-ethyl adjacent to an activating group) is 1. The summed E-state index contributed by atoms with van der Waals surface area (Å²) in [5, 5.41) is 0.611. The second kappa shape index (κ2) is 8.67. The summed E-state index contributed by atoms with van der Waals surface area (Å²) in [5.74, 6) is -1.05. The number of hydrogen-bond donors (Lipinski definition) is 0. The topological polar surface area (TPSA) is 88.9 Å². The number of para-hydroxylation sites is 1. The Labute approximate surface area is 191 Å². The van der Waals surface area contributed by atoms with Crippen molar-refractivity contribution >= 4 is 44.4 Å². The van der Waals surface area contributed by atoms with E-state index in [4.69, 9.17) is 16.3 Å². The molecule has 0 bridgehead atoms. The van der Waals surface area contributed by atoms with Crippen LogP contribution >= 0.6 is 11.6 Å². The summed E-state index contributed by atoms with van der Waals surface area (Å²) < 4.78 is 34.0. The molecule has 0 unspecified atom stereocenters. The van der Waals surface area contributed by atoms with Gasteiger partial charge in [-0.2, -0.15) is 4.31 Å². The molecule has 1 aliphatic rings. The lowest BCUT2D eigenvalue weighted by molar-refractivity contribution is 0.0603. The van der Waals surface area contributed by atoms with Crippen molar-refractivity contribution in [3.05, 3.63) is 64.8 Å². The van der Waals surface area contributed by atoms with E-state index >= 15 is 0 Å². The van der Waals surface area contributed by atoms with Gasteiger partial charge >= 0.3 is 5.97 Å². The molecule has 0 amide bonds. The third kappa shape index (κ3) is 3.93. The van der Waals surface area contributed by atoms with Crippen molar-refractivity contribution in [3.63, 3.8) is 0 Å². The van der Waals surface area contributed by atoms with E-state index < -0.39 is 21.9 Å². The van der Waals surface area contributed by atoms with Gasteiger partial charge in [-0.3, -0.25) is 9.36 Å². The average molecular weight is 476 g/mol. The summed E-state index contributed by atoms with van der Waals surface area (Å²) in [7, 11) is -0.670. The number of nitrogens with zero attached hydrogens (tertiary/aromatic N) is 3. The Morgan fingerprint density at radius 2 is 1.72 bits per heavy atom. The summed E-state index contributed by atoms with van der Waals surface area (Å²) in [6.45, 7) is 1.92. The third-order valence-corrected chi connectivity index (χ3v) is 7.97. The molecule has 0 aliphatic carbocycles. The maximum absolute atomic E-state index is 13.3. The van der Waals surface area contributed by atoms with Crippen LogP contribution in [0.2, 0.25) is 5.02 Å². The summed E-state index contributed by atoms with van der Waals surface area (Å²) in [6, 6.07) is 11.1. The van der Waals surface area contributed by atoms with Crippen molar-refractivity contribution in [1.29, 1.82) is 0 Å². The molecule has 1 aromatic heterocycles. The molecule has 8 nitrogen and oxygen atoms in total. The maximum Gasteiger partial charge on any atom is 0.340 e. The van der Waals surface area contributed by atoms with Crippen LogP contribution in [0.4, 0.5) is 0 Å². The number of ether oxygens (including phenoxy) is 1. The van der Waals surface area contributed by atoms with Crippen molar-refractivity contribution in [2.75, 3.05) is 40.3 Å². The SMILES string of the molecule is COC(=O)c1cn(C(=O)c2ccc(Cl)c(S(=O)(=O)N3CCN(C)CC3)c2)c2ccccc12. The van der Waals surface area contributed by atoms with E-state index in [1.165, 1.54) is 40.4 Å². The highest BCUT2D eigenvalue weighted by Gasteiger charge is 2.30.